The summed E-state index contributed by atoms with van der Waals surface area (Å²) in [4.78, 5) is 13.3. The average molecular weight is 477 g/mol. The van der Waals surface area contributed by atoms with E-state index in [0.29, 0.717) is 18.9 Å². The highest BCUT2D eigenvalue weighted by atomic mass is 16.6. The molecule has 0 saturated carbocycles. The zero-order chi connectivity index (χ0) is 25.2. The van der Waals surface area contributed by atoms with Crippen molar-refractivity contribution in [3.63, 3.8) is 0 Å². The van der Waals surface area contributed by atoms with Gasteiger partial charge in [-0.25, -0.2) is 0 Å². The number of hydrogen-bond acceptors (Lipinski definition) is 5. The molecule has 186 valence electrons. The summed E-state index contributed by atoms with van der Waals surface area (Å²) in [5, 5.41) is 0. The molecule has 0 heterocycles. The van der Waals surface area contributed by atoms with Gasteiger partial charge >= 0.3 is 5.97 Å². The maximum absolute atomic E-state index is 13.3. The summed E-state index contributed by atoms with van der Waals surface area (Å²) in [5.41, 5.74) is 2.85. The molecule has 0 N–H and O–H groups in total. The predicted octanol–water partition coefficient (Wildman–Crippen LogP) is 6.58. The second kappa shape index (κ2) is 13.0. The van der Waals surface area contributed by atoms with Crippen LogP contribution < -0.4 is 9.47 Å². The molecule has 0 spiro atoms. The molecule has 0 fully saturated rings. The van der Waals surface area contributed by atoms with Gasteiger partial charge in [-0.15, -0.1) is 0 Å². The van der Waals surface area contributed by atoms with Crippen molar-refractivity contribution in [2.24, 2.45) is 11.8 Å². The molecule has 5 heteroatoms. The lowest BCUT2D eigenvalue weighted by atomic mass is 9.96. The molecular formula is C30H36O5. The van der Waals surface area contributed by atoms with Crippen LogP contribution in [0.4, 0.5) is 0 Å². The van der Waals surface area contributed by atoms with Crippen LogP contribution in [0.2, 0.25) is 0 Å². The fourth-order valence-electron chi connectivity index (χ4n) is 3.84. The first-order chi connectivity index (χ1) is 16.9. The molecule has 0 amide bonds. The fourth-order valence-corrected chi connectivity index (χ4v) is 3.84. The van der Waals surface area contributed by atoms with Gasteiger partial charge in [0.25, 0.3) is 0 Å². The smallest absolute Gasteiger partial charge is 0.309 e. The van der Waals surface area contributed by atoms with Gasteiger partial charge in [-0.3, -0.25) is 4.79 Å². The maximum Gasteiger partial charge on any atom is 0.309 e. The molecule has 0 aliphatic rings. The van der Waals surface area contributed by atoms with E-state index in [1.807, 2.05) is 85.8 Å². The number of esters is 1. The van der Waals surface area contributed by atoms with Gasteiger partial charge in [-0.1, -0.05) is 75.4 Å². The Bertz CT molecular complexity index is 1030. The average Bonchev–Trinajstić information content (AvgIpc) is 2.88. The standard InChI is InChI=1S/C30H36O5/c1-21(2)20-34-28(24-11-15-26(32-4)16-12-24)29(25-13-17-27(33-5)18-14-25)35-30(31)22(3)19-23-9-7-6-8-10-23/h6-18,21-22,28-29H,19-20H2,1-5H3/t22?,28-,29+/m0/s1. The summed E-state index contributed by atoms with van der Waals surface area (Å²) in [5.74, 6) is 1.24. The minimum absolute atomic E-state index is 0.263. The van der Waals surface area contributed by atoms with Gasteiger partial charge in [0.2, 0.25) is 0 Å². The Balaban J connectivity index is 1.93. The minimum atomic E-state index is -0.626. The molecule has 0 aliphatic carbocycles. The summed E-state index contributed by atoms with van der Waals surface area (Å²) in [6.45, 7) is 6.63. The van der Waals surface area contributed by atoms with Crippen LogP contribution in [0.25, 0.3) is 0 Å². The normalized spacial score (nSPS) is 13.7. The minimum Gasteiger partial charge on any atom is -0.497 e. The van der Waals surface area contributed by atoms with Crippen LogP contribution in [-0.2, 0) is 20.7 Å². The first-order valence-corrected chi connectivity index (χ1v) is 12.0. The van der Waals surface area contributed by atoms with Crippen molar-refractivity contribution in [3.05, 3.63) is 95.6 Å². The van der Waals surface area contributed by atoms with E-state index in [1.165, 1.54) is 0 Å². The highest BCUT2D eigenvalue weighted by molar-refractivity contribution is 5.73. The van der Waals surface area contributed by atoms with Gasteiger partial charge in [-0.05, 0) is 53.3 Å². The van der Waals surface area contributed by atoms with Crippen LogP contribution in [0.3, 0.4) is 0 Å². The van der Waals surface area contributed by atoms with Gasteiger partial charge < -0.3 is 18.9 Å². The highest BCUT2D eigenvalue weighted by Gasteiger charge is 2.31. The Morgan fingerprint density at radius 3 is 1.71 bits per heavy atom. The monoisotopic (exact) mass is 476 g/mol. The third kappa shape index (κ3) is 7.59. The lowest BCUT2D eigenvalue weighted by molar-refractivity contribution is -0.164. The van der Waals surface area contributed by atoms with Crippen LogP contribution in [-0.4, -0.2) is 26.8 Å². The maximum atomic E-state index is 13.3. The molecule has 0 aliphatic heterocycles. The molecule has 3 aromatic carbocycles. The molecule has 0 bridgehead atoms. The number of methoxy groups -OCH3 is 2. The van der Waals surface area contributed by atoms with Crippen LogP contribution in [0.5, 0.6) is 11.5 Å². The third-order valence-electron chi connectivity index (χ3n) is 5.80. The SMILES string of the molecule is COc1ccc([C@@H](OC(=O)C(C)Cc2ccccc2)[C@@H](OCC(C)C)c2ccc(OC)cc2)cc1. The molecule has 1 unspecified atom stereocenters. The van der Waals surface area contributed by atoms with E-state index in [9.17, 15) is 4.79 Å². The molecular weight excluding hydrogens is 440 g/mol. The Morgan fingerprint density at radius 2 is 1.23 bits per heavy atom. The van der Waals surface area contributed by atoms with Crippen LogP contribution in [0.15, 0.2) is 78.9 Å². The van der Waals surface area contributed by atoms with Crippen molar-refractivity contribution in [3.8, 4) is 11.5 Å². The van der Waals surface area contributed by atoms with Gasteiger partial charge in [0.05, 0.1) is 20.1 Å². The molecule has 0 aromatic heterocycles. The molecule has 5 nitrogen and oxygen atoms in total. The van der Waals surface area contributed by atoms with E-state index in [-0.39, 0.29) is 11.9 Å². The summed E-state index contributed by atoms with van der Waals surface area (Å²) >= 11 is 0. The van der Waals surface area contributed by atoms with Crippen molar-refractivity contribution in [2.75, 3.05) is 20.8 Å². The number of hydrogen-bond donors (Lipinski definition) is 0. The number of benzene rings is 3. The zero-order valence-electron chi connectivity index (χ0n) is 21.3. The van der Waals surface area contributed by atoms with Crippen molar-refractivity contribution in [1.29, 1.82) is 0 Å². The Morgan fingerprint density at radius 1 is 0.714 bits per heavy atom. The first-order valence-electron chi connectivity index (χ1n) is 12.0. The largest absolute Gasteiger partial charge is 0.497 e. The quantitative estimate of drug-likeness (QED) is 0.276. The zero-order valence-corrected chi connectivity index (χ0v) is 21.3. The highest BCUT2D eigenvalue weighted by Crippen LogP contribution is 2.37. The second-order valence-corrected chi connectivity index (χ2v) is 9.14. The summed E-state index contributed by atoms with van der Waals surface area (Å²) in [6.07, 6.45) is -0.502. The van der Waals surface area contributed by atoms with E-state index in [2.05, 4.69) is 13.8 Å². The summed E-state index contributed by atoms with van der Waals surface area (Å²) in [6, 6.07) is 25.3. The van der Waals surface area contributed by atoms with Crippen LogP contribution in [0, 0.1) is 11.8 Å². The van der Waals surface area contributed by atoms with Gasteiger partial charge in [-0.2, -0.15) is 0 Å². The fraction of sp³-hybridized carbons (Fsp3) is 0.367. The Kier molecular flexibility index (Phi) is 9.74. The van der Waals surface area contributed by atoms with Crippen molar-refractivity contribution in [2.45, 2.75) is 39.4 Å². The number of rotatable bonds is 12. The number of carbonyl (C=O) groups excluding carboxylic acids is 1. The molecule has 0 radical (unpaired) electrons. The van der Waals surface area contributed by atoms with Crippen molar-refractivity contribution >= 4 is 5.97 Å². The van der Waals surface area contributed by atoms with Crippen LogP contribution in [0.1, 0.15) is 49.7 Å². The van der Waals surface area contributed by atoms with E-state index in [1.54, 1.807) is 14.2 Å². The van der Waals surface area contributed by atoms with Crippen molar-refractivity contribution in [1.82, 2.24) is 0 Å². The molecule has 3 rings (SSSR count). The lowest BCUT2D eigenvalue weighted by Crippen LogP contribution is -2.26. The Hall–Kier alpha value is -3.31. The molecule has 0 saturated heterocycles. The molecule has 3 aromatic rings. The van der Waals surface area contributed by atoms with Gasteiger partial charge in [0.15, 0.2) is 6.10 Å². The first kappa shape index (κ1) is 26.3. The van der Waals surface area contributed by atoms with E-state index >= 15 is 0 Å². The second-order valence-electron chi connectivity index (χ2n) is 9.14. The summed E-state index contributed by atoms with van der Waals surface area (Å²) in [7, 11) is 3.27. The lowest BCUT2D eigenvalue weighted by Gasteiger charge is -2.30. The van der Waals surface area contributed by atoms with Crippen molar-refractivity contribution < 1.29 is 23.7 Å². The van der Waals surface area contributed by atoms with Gasteiger partial charge in [0, 0.05) is 6.61 Å². The van der Waals surface area contributed by atoms with E-state index in [4.69, 9.17) is 18.9 Å². The Labute approximate surface area is 209 Å². The van der Waals surface area contributed by atoms with Gasteiger partial charge in [0.1, 0.15) is 17.6 Å². The third-order valence-corrected chi connectivity index (χ3v) is 5.80. The predicted molar refractivity (Wildman–Crippen MR) is 138 cm³/mol. The molecule has 3 atom stereocenters. The topological polar surface area (TPSA) is 54.0 Å². The number of ether oxygens (including phenoxy) is 4. The summed E-state index contributed by atoms with van der Waals surface area (Å²) < 4.78 is 23.3. The molecule has 35 heavy (non-hydrogen) atoms. The van der Waals surface area contributed by atoms with E-state index in [0.717, 1.165) is 28.2 Å². The number of carbonyl (C=O) groups is 1. The van der Waals surface area contributed by atoms with Crippen LogP contribution >= 0.6 is 0 Å². The van der Waals surface area contributed by atoms with E-state index < -0.39 is 12.2 Å².